The minimum Gasteiger partial charge on any atom is -0.465 e. The van der Waals surface area contributed by atoms with Crippen LogP contribution in [0.2, 0.25) is 0 Å². The molecule has 0 saturated carbocycles. The van der Waals surface area contributed by atoms with Crippen LogP contribution in [0.1, 0.15) is 33.1 Å². The van der Waals surface area contributed by atoms with Gasteiger partial charge in [-0.15, -0.1) is 10.2 Å². The van der Waals surface area contributed by atoms with Crippen molar-refractivity contribution in [2.24, 2.45) is 5.92 Å². The van der Waals surface area contributed by atoms with E-state index >= 15 is 0 Å². The summed E-state index contributed by atoms with van der Waals surface area (Å²) in [5.41, 5.74) is 0.939. The van der Waals surface area contributed by atoms with Crippen molar-refractivity contribution in [2.75, 3.05) is 6.61 Å². The Kier molecular flexibility index (Phi) is 6.06. The Morgan fingerprint density at radius 3 is 2.64 bits per heavy atom. The van der Waals surface area contributed by atoms with Crippen molar-refractivity contribution in [1.82, 2.24) is 20.2 Å². The second-order valence-electron chi connectivity index (χ2n) is 5.11. The van der Waals surface area contributed by atoms with E-state index in [0.717, 1.165) is 18.4 Å². The molecule has 0 aliphatic rings. The minimum atomic E-state index is -0.110. The lowest BCUT2D eigenvalue weighted by Crippen LogP contribution is -2.17. The summed E-state index contributed by atoms with van der Waals surface area (Å²) in [6.45, 7) is 4.97. The van der Waals surface area contributed by atoms with Crippen LogP contribution >= 0.6 is 0 Å². The number of ether oxygens (including phenoxy) is 1. The van der Waals surface area contributed by atoms with Gasteiger partial charge in [0.05, 0.1) is 19.1 Å². The van der Waals surface area contributed by atoms with Crippen LogP contribution in [-0.4, -0.2) is 32.8 Å². The first-order valence-electron chi connectivity index (χ1n) is 7.74. The number of aryl methyl sites for hydroxylation is 1. The number of carbonyl (C=O) groups is 1. The molecule has 118 valence electrons. The number of tetrazole rings is 1. The van der Waals surface area contributed by atoms with Crippen molar-refractivity contribution in [1.29, 1.82) is 0 Å². The van der Waals surface area contributed by atoms with Crippen molar-refractivity contribution in [3.63, 3.8) is 0 Å². The van der Waals surface area contributed by atoms with E-state index in [0.29, 0.717) is 25.4 Å². The number of hydrogen-bond donors (Lipinski definition) is 0. The van der Waals surface area contributed by atoms with E-state index in [9.17, 15) is 4.79 Å². The van der Waals surface area contributed by atoms with Crippen molar-refractivity contribution < 1.29 is 9.53 Å². The molecular weight excluding hydrogens is 280 g/mol. The molecule has 22 heavy (non-hydrogen) atoms. The minimum absolute atomic E-state index is 0.00850. The monoisotopic (exact) mass is 302 g/mol. The molecule has 0 spiro atoms. The summed E-state index contributed by atoms with van der Waals surface area (Å²) in [5.74, 6) is 0.505. The molecule has 6 nitrogen and oxygen atoms in total. The Balaban J connectivity index is 1.76. The topological polar surface area (TPSA) is 69.9 Å². The van der Waals surface area contributed by atoms with Gasteiger partial charge in [-0.05, 0) is 18.1 Å². The summed E-state index contributed by atoms with van der Waals surface area (Å²) < 4.78 is 5.27. The maximum Gasteiger partial charge on any atom is 0.308 e. The molecule has 0 bridgehead atoms. The molecule has 0 fully saturated rings. The van der Waals surface area contributed by atoms with Gasteiger partial charge in [-0.2, -0.15) is 4.80 Å². The van der Waals surface area contributed by atoms with Gasteiger partial charge in [0.1, 0.15) is 0 Å². The average Bonchev–Trinajstić information content (AvgIpc) is 3.02. The zero-order valence-electron chi connectivity index (χ0n) is 13.1. The lowest BCUT2D eigenvalue weighted by atomic mass is 10.0. The van der Waals surface area contributed by atoms with Crippen LogP contribution in [-0.2, 0) is 16.1 Å². The summed E-state index contributed by atoms with van der Waals surface area (Å²) in [6, 6.07) is 9.71. The van der Waals surface area contributed by atoms with E-state index in [1.165, 1.54) is 4.80 Å². The van der Waals surface area contributed by atoms with E-state index in [1.807, 2.05) is 44.2 Å². The van der Waals surface area contributed by atoms with Crippen molar-refractivity contribution >= 4 is 5.97 Å². The second kappa shape index (κ2) is 8.26. The average molecular weight is 302 g/mol. The number of esters is 1. The summed E-state index contributed by atoms with van der Waals surface area (Å²) >= 11 is 0. The third-order valence-corrected chi connectivity index (χ3v) is 3.55. The maximum atomic E-state index is 11.7. The number of benzene rings is 1. The Morgan fingerprint density at radius 1 is 1.23 bits per heavy atom. The summed E-state index contributed by atoms with van der Waals surface area (Å²) in [6.07, 6.45) is 2.32. The molecular formula is C16H22N4O2. The second-order valence-corrected chi connectivity index (χ2v) is 5.11. The largest absolute Gasteiger partial charge is 0.465 e. The molecule has 0 aliphatic carbocycles. The maximum absolute atomic E-state index is 11.7. The highest BCUT2D eigenvalue weighted by molar-refractivity contribution is 5.72. The highest BCUT2D eigenvalue weighted by Crippen LogP contribution is 2.12. The molecule has 0 saturated heterocycles. The van der Waals surface area contributed by atoms with Crippen LogP contribution in [0.4, 0.5) is 0 Å². The molecule has 0 amide bonds. The molecule has 1 aromatic heterocycles. The van der Waals surface area contributed by atoms with Crippen molar-refractivity contribution in [3.8, 4) is 11.4 Å². The Morgan fingerprint density at radius 2 is 1.95 bits per heavy atom. The molecule has 0 N–H and O–H groups in total. The van der Waals surface area contributed by atoms with Gasteiger partial charge in [0.15, 0.2) is 0 Å². The fraction of sp³-hybridized carbons (Fsp3) is 0.500. The molecule has 2 rings (SSSR count). The van der Waals surface area contributed by atoms with Crippen LogP contribution in [0, 0.1) is 5.92 Å². The van der Waals surface area contributed by atoms with E-state index in [4.69, 9.17) is 4.74 Å². The van der Waals surface area contributed by atoms with E-state index in [-0.39, 0.29) is 11.9 Å². The van der Waals surface area contributed by atoms with Crippen LogP contribution in [0.15, 0.2) is 30.3 Å². The van der Waals surface area contributed by atoms with Gasteiger partial charge in [-0.3, -0.25) is 4.79 Å². The van der Waals surface area contributed by atoms with Crippen molar-refractivity contribution in [3.05, 3.63) is 30.3 Å². The first-order valence-corrected chi connectivity index (χ1v) is 7.74. The van der Waals surface area contributed by atoms with E-state index < -0.39 is 0 Å². The fourth-order valence-electron chi connectivity index (χ4n) is 2.16. The Bertz CT molecular complexity index is 579. The van der Waals surface area contributed by atoms with Gasteiger partial charge in [0.2, 0.25) is 5.82 Å². The van der Waals surface area contributed by atoms with Gasteiger partial charge in [0, 0.05) is 12.0 Å². The van der Waals surface area contributed by atoms with Crippen molar-refractivity contribution in [2.45, 2.75) is 39.7 Å². The molecule has 6 heteroatoms. The third-order valence-electron chi connectivity index (χ3n) is 3.55. The third kappa shape index (κ3) is 4.38. The van der Waals surface area contributed by atoms with Crippen LogP contribution in [0.25, 0.3) is 11.4 Å². The summed E-state index contributed by atoms with van der Waals surface area (Å²) in [7, 11) is 0. The van der Waals surface area contributed by atoms with Crippen LogP contribution in [0.3, 0.4) is 0 Å². The highest BCUT2D eigenvalue weighted by Gasteiger charge is 2.15. The highest BCUT2D eigenvalue weighted by atomic mass is 16.5. The van der Waals surface area contributed by atoms with Gasteiger partial charge in [-0.25, -0.2) is 0 Å². The molecule has 0 unspecified atom stereocenters. The predicted octanol–water partition coefficient (Wildman–Crippen LogP) is 2.71. The molecule has 1 aromatic carbocycles. The van der Waals surface area contributed by atoms with Crippen LogP contribution < -0.4 is 0 Å². The van der Waals surface area contributed by atoms with Gasteiger partial charge >= 0.3 is 5.97 Å². The van der Waals surface area contributed by atoms with Gasteiger partial charge in [0.25, 0.3) is 0 Å². The van der Waals surface area contributed by atoms with E-state index in [2.05, 4.69) is 15.4 Å². The number of nitrogens with zero attached hydrogens (tertiary/aromatic N) is 4. The molecule has 2 aromatic rings. The quantitative estimate of drug-likeness (QED) is 0.554. The molecule has 0 radical (unpaired) electrons. The number of carbonyl (C=O) groups excluding carboxylic acids is 1. The zero-order chi connectivity index (χ0) is 15.8. The van der Waals surface area contributed by atoms with Gasteiger partial charge in [-0.1, -0.05) is 44.2 Å². The summed E-state index contributed by atoms with van der Waals surface area (Å²) in [4.78, 5) is 13.3. The molecule has 0 aliphatic heterocycles. The number of aromatic nitrogens is 4. The lowest BCUT2D eigenvalue weighted by Gasteiger charge is -2.11. The SMILES string of the molecule is CCC(CC)C(=O)OCCCn1nnc(-c2ccccc2)n1. The number of hydrogen-bond acceptors (Lipinski definition) is 5. The Labute approximate surface area is 130 Å². The lowest BCUT2D eigenvalue weighted by molar-refractivity contribution is -0.148. The Hall–Kier alpha value is -2.24. The van der Waals surface area contributed by atoms with E-state index in [1.54, 1.807) is 0 Å². The van der Waals surface area contributed by atoms with Crippen LogP contribution in [0.5, 0.6) is 0 Å². The molecule has 0 atom stereocenters. The smallest absolute Gasteiger partial charge is 0.308 e. The first-order chi connectivity index (χ1) is 10.7. The zero-order valence-corrected chi connectivity index (χ0v) is 13.1. The fourth-order valence-corrected chi connectivity index (χ4v) is 2.16. The normalized spacial score (nSPS) is 10.9. The standard InChI is InChI=1S/C16H22N4O2/c1-3-13(4-2)16(21)22-12-8-11-20-18-15(17-19-20)14-9-6-5-7-10-14/h5-7,9-10,13H,3-4,8,11-12H2,1-2H3. The summed E-state index contributed by atoms with van der Waals surface area (Å²) in [5, 5.41) is 12.4. The first kappa shape index (κ1) is 16.1. The number of rotatable bonds is 8. The molecule has 1 heterocycles. The van der Waals surface area contributed by atoms with Gasteiger partial charge < -0.3 is 4.74 Å². The predicted molar refractivity (Wildman–Crippen MR) is 82.9 cm³/mol.